The highest BCUT2D eigenvalue weighted by Crippen LogP contribution is 2.30. The molecule has 3 heteroatoms. The summed E-state index contributed by atoms with van der Waals surface area (Å²) in [7, 11) is 0. The Morgan fingerprint density at radius 3 is 2.76 bits per heavy atom. The van der Waals surface area contributed by atoms with E-state index in [1.54, 1.807) is 0 Å². The highest BCUT2D eigenvalue weighted by molar-refractivity contribution is 5.57. The Hall–Kier alpha value is -1.06. The van der Waals surface area contributed by atoms with Crippen molar-refractivity contribution in [3.8, 4) is 0 Å². The number of hydrogen-bond donors (Lipinski definition) is 2. The monoisotopic (exact) mass is 233 g/mol. The standard InChI is InChI=1S/C14H23N3/c1-10(2)17-7-3-4-12-8-11(13(16)9-15)5-6-14(12)17/h5-6,8,10,13H,3-4,7,9,15-16H2,1-2H3/t13-/m1/s1. The number of nitrogens with two attached hydrogens (primary N) is 2. The van der Waals surface area contributed by atoms with Crippen molar-refractivity contribution in [2.45, 2.75) is 38.8 Å². The van der Waals surface area contributed by atoms with Gasteiger partial charge in [-0.1, -0.05) is 12.1 Å². The van der Waals surface area contributed by atoms with Crippen molar-refractivity contribution in [3.63, 3.8) is 0 Å². The van der Waals surface area contributed by atoms with Crippen molar-refractivity contribution >= 4 is 5.69 Å². The molecule has 4 N–H and O–H groups in total. The molecule has 0 amide bonds. The van der Waals surface area contributed by atoms with Crippen molar-refractivity contribution in [2.75, 3.05) is 18.0 Å². The van der Waals surface area contributed by atoms with Crippen molar-refractivity contribution < 1.29 is 0 Å². The van der Waals surface area contributed by atoms with Crippen LogP contribution in [0.4, 0.5) is 5.69 Å². The van der Waals surface area contributed by atoms with Crippen LogP contribution in [-0.4, -0.2) is 19.1 Å². The van der Waals surface area contributed by atoms with Crippen molar-refractivity contribution in [1.82, 2.24) is 0 Å². The van der Waals surface area contributed by atoms with Gasteiger partial charge in [-0.05, 0) is 43.9 Å². The second-order valence-electron chi connectivity index (χ2n) is 5.12. The lowest BCUT2D eigenvalue weighted by atomic mass is 9.96. The molecule has 1 heterocycles. The highest BCUT2D eigenvalue weighted by Gasteiger charge is 2.19. The summed E-state index contributed by atoms with van der Waals surface area (Å²) >= 11 is 0. The molecule has 0 bridgehead atoms. The van der Waals surface area contributed by atoms with Crippen molar-refractivity contribution in [3.05, 3.63) is 29.3 Å². The van der Waals surface area contributed by atoms with Gasteiger partial charge in [0.25, 0.3) is 0 Å². The molecule has 3 nitrogen and oxygen atoms in total. The van der Waals surface area contributed by atoms with Gasteiger partial charge in [0, 0.05) is 30.9 Å². The molecular weight excluding hydrogens is 210 g/mol. The van der Waals surface area contributed by atoms with Crippen LogP contribution in [0.2, 0.25) is 0 Å². The fourth-order valence-corrected chi connectivity index (χ4v) is 2.55. The van der Waals surface area contributed by atoms with E-state index < -0.39 is 0 Å². The molecule has 94 valence electrons. The second-order valence-corrected chi connectivity index (χ2v) is 5.12. The zero-order chi connectivity index (χ0) is 12.4. The number of anilines is 1. The van der Waals surface area contributed by atoms with Crippen molar-refractivity contribution in [1.29, 1.82) is 0 Å². The van der Waals surface area contributed by atoms with Crippen LogP contribution in [0.25, 0.3) is 0 Å². The summed E-state index contributed by atoms with van der Waals surface area (Å²) < 4.78 is 0. The summed E-state index contributed by atoms with van der Waals surface area (Å²) in [6.07, 6.45) is 2.39. The topological polar surface area (TPSA) is 55.3 Å². The summed E-state index contributed by atoms with van der Waals surface area (Å²) in [5.74, 6) is 0. The average molecular weight is 233 g/mol. The Kier molecular flexibility index (Phi) is 3.69. The summed E-state index contributed by atoms with van der Waals surface area (Å²) in [4.78, 5) is 2.47. The number of aryl methyl sites for hydroxylation is 1. The number of nitrogens with zero attached hydrogens (tertiary/aromatic N) is 1. The molecule has 2 rings (SSSR count). The zero-order valence-corrected chi connectivity index (χ0v) is 10.8. The SMILES string of the molecule is CC(C)N1CCCc2cc([C@H](N)CN)ccc21. The van der Waals surface area contributed by atoms with Gasteiger partial charge in [-0.15, -0.1) is 0 Å². The van der Waals surface area contributed by atoms with Crippen LogP contribution in [0.5, 0.6) is 0 Å². The minimum Gasteiger partial charge on any atom is -0.369 e. The first-order chi connectivity index (χ1) is 8.13. The Labute approximate surface area is 104 Å². The molecule has 0 fully saturated rings. The smallest absolute Gasteiger partial charge is 0.0419 e. The maximum Gasteiger partial charge on any atom is 0.0419 e. The maximum atomic E-state index is 5.98. The largest absolute Gasteiger partial charge is 0.369 e. The van der Waals surface area contributed by atoms with Gasteiger partial charge >= 0.3 is 0 Å². The molecule has 0 saturated carbocycles. The van der Waals surface area contributed by atoms with Gasteiger partial charge < -0.3 is 16.4 Å². The van der Waals surface area contributed by atoms with Gasteiger partial charge in [0.1, 0.15) is 0 Å². The molecule has 0 aliphatic carbocycles. The van der Waals surface area contributed by atoms with E-state index in [0.717, 1.165) is 18.5 Å². The molecule has 1 aromatic carbocycles. The Morgan fingerprint density at radius 2 is 2.12 bits per heavy atom. The fourth-order valence-electron chi connectivity index (χ4n) is 2.55. The quantitative estimate of drug-likeness (QED) is 0.837. The molecule has 1 aliphatic rings. The minimum absolute atomic E-state index is 0.0327. The van der Waals surface area contributed by atoms with Gasteiger partial charge in [-0.25, -0.2) is 0 Å². The lowest BCUT2D eigenvalue weighted by Gasteiger charge is -2.35. The average Bonchev–Trinajstić information content (AvgIpc) is 2.36. The highest BCUT2D eigenvalue weighted by atomic mass is 15.2. The fraction of sp³-hybridized carbons (Fsp3) is 0.571. The van der Waals surface area contributed by atoms with E-state index in [1.165, 1.54) is 17.7 Å². The zero-order valence-electron chi connectivity index (χ0n) is 10.8. The summed E-state index contributed by atoms with van der Waals surface area (Å²) in [6, 6.07) is 7.09. The third-order valence-corrected chi connectivity index (χ3v) is 3.56. The first kappa shape index (κ1) is 12.4. The normalized spacial score (nSPS) is 17.1. The molecule has 1 aliphatic heterocycles. The molecular formula is C14H23N3. The summed E-state index contributed by atoms with van der Waals surface area (Å²) in [5, 5.41) is 0. The van der Waals surface area contributed by atoms with E-state index in [1.807, 2.05) is 0 Å². The molecule has 1 aromatic rings. The van der Waals surface area contributed by atoms with Gasteiger partial charge in [0.05, 0.1) is 0 Å². The molecule has 0 unspecified atom stereocenters. The van der Waals surface area contributed by atoms with Crippen LogP contribution < -0.4 is 16.4 Å². The van der Waals surface area contributed by atoms with E-state index in [4.69, 9.17) is 11.5 Å². The van der Waals surface area contributed by atoms with E-state index in [-0.39, 0.29) is 6.04 Å². The molecule has 17 heavy (non-hydrogen) atoms. The van der Waals surface area contributed by atoms with E-state index >= 15 is 0 Å². The second kappa shape index (κ2) is 5.07. The minimum atomic E-state index is -0.0327. The lowest BCUT2D eigenvalue weighted by molar-refractivity contribution is 0.623. The first-order valence-electron chi connectivity index (χ1n) is 6.48. The molecule has 0 radical (unpaired) electrons. The molecule has 0 aromatic heterocycles. The van der Waals surface area contributed by atoms with Crippen LogP contribution in [-0.2, 0) is 6.42 Å². The van der Waals surface area contributed by atoms with Crippen LogP contribution >= 0.6 is 0 Å². The lowest BCUT2D eigenvalue weighted by Crippen LogP contribution is -2.35. The first-order valence-corrected chi connectivity index (χ1v) is 6.48. The van der Waals surface area contributed by atoms with Gasteiger partial charge in [0.15, 0.2) is 0 Å². The third-order valence-electron chi connectivity index (χ3n) is 3.56. The van der Waals surface area contributed by atoms with Gasteiger partial charge in [-0.2, -0.15) is 0 Å². The number of rotatable bonds is 3. The summed E-state index contributed by atoms with van der Waals surface area (Å²) in [5.41, 5.74) is 15.6. The van der Waals surface area contributed by atoms with Crippen LogP contribution in [0, 0.1) is 0 Å². The number of benzene rings is 1. The van der Waals surface area contributed by atoms with Gasteiger partial charge in [-0.3, -0.25) is 0 Å². The van der Waals surface area contributed by atoms with Crippen LogP contribution in [0.1, 0.15) is 37.4 Å². The Bertz CT molecular complexity index is 387. The van der Waals surface area contributed by atoms with Gasteiger partial charge in [0.2, 0.25) is 0 Å². The number of hydrogen-bond acceptors (Lipinski definition) is 3. The van der Waals surface area contributed by atoms with E-state index in [0.29, 0.717) is 12.6 Å². The third kappa shape index (κ3) is 2.45. The van der Waals surface area contributed by atoms with E-state index in [2.05, 4.69) is 36.9 Å². The Morgan fingerprint density at radius 1 is 1.35 bits per heavy atom. The Balaban J connectivity index is 2.33. The van der Waals surface area contributed by atoms with Crippen molar-refractivity contribution in [2.24, 2.45) is 11.5 Å². The molecule has 0 saturated heterocycles. The number of fused-ring (bicyclic) bond motifs is 1. The molecule has 0 spiro atoms. The summed E-state index contributed by atoms with van der Waals surface area (Å²) in [6.45, 7) is 6.16. The van der Waals surface area contributed by atoms with E-state index in [9.17, 15) is 0 Å². The van der Waals surface area contributed by atoms with Crippen LogP contribution in [0.3, 0.4) is 0 Å². The predicted octanol–water partition coefficient (Wildman–Crippen LogP) is 1.81. The van der Waals surface area contributed by atoms with Crippen LogP contribution in [0.15, 0.2) is 18.2 Å². The predicted molar refractivity (Wildman–Crippen MR) is 73.2 cm³/mol. The maximum absolute atomic E-state index is 5.98. The molecule has 1 atom stereocenters.